The molecule has 0 unspecified atom stereocenters. The van der Waals surface area contributed by atoms with Crippen LogP contribution in [-0.4, -0.2) is 17.6 Å². The Morgan fingerprint density at radius 1 is 0.724 bits per heavy atom. The summed E-state index contributed by atoms with van der Waals surface area (Å²) in [6.07, 6.45) is 21.2. The summed E-state index contributed by atoms with van der Waals surface area (Å²) in [5, 5.41) is 8.52. The summed E-state index contributed by atoms with van der Waals surface area (Å²) in [6.45, 7) is 3.01. The van der Waals surface area contributed by atoms with Gasteiger partial charge in [0, 0.05) is 6.42 Å². The van der Waals surface area contributed by atoms with Crippen LogP contribution in [-0.2, 0) is 11.2 Å². The van der Waals surface area contributed by atoms with E-state index in [2.05, 4.69) is 19.1 Å². The monoisotopic (exact) mass is 405 g/mol. The molecule has 1 rings (SSSR count). The fourth-order valence-electron chi connectivity index (χ4n) is 3.46. The third-order valence-corrected chi connectivity index (χ3v) is 5.27. The van der Waals surface area contributed by atoms with Crippen molar-refractivity contribution in [2.45, 2.75) is 116 Å². The molecule has 1 aromatic rings. The number of nitrogens with two attached hydrogens (primary N) is 1. The first kappa shape index (κ1) is 27.6. The van der Waals surface area contributed by atoms with E-state index < -0.39 is 5.97 Å². The molecule has 0 aliphatic heterocycles. The number of hydrogen-bond acceptors (Lipinski definition) is 2. The van der Waals surface area contributed by atoms with Crippen LogP contribution in [0.4, 0.5) is 0 Å². The van der Waals surface area contributed by atoms with E-state index in [1.807, 2.05) is 18.2 Å². The lowest BCUT2D eigenvalue weighted by molar-refractivity contribution is -0.137. The molecule has 0 bridgehead atoms. The number of carboxylic acid groups (broad SMARTS) is 1. The van der Waals surface area contributed by atoms with Gasteiger partial charge in [-0.3, -0.25) is 4.79 Å². The van der Waals surface area contributed by atoms with Gasteiger partial charge in [-0.25, -0.2) is 0 Å². The first-order chi connectivity index (χ1) is 14.2. The van der Waals surface area contributed by atoms with E-state index >= 15 is 0 Å². The molecule has 0 heterocycles. The van der Waals surface area contributed by atoms with Crippen molar-refractivity contribution in [2.75, 3.05) is 6.54 Å². The van der Waals surface area contributed by atoms with E-state index in [9.17, 15) is 4.79 Å². The SMILES string of the molecule is CCCCCCCCCCCCCCCCCC(=O)O.NCCc1ccccc1. The fraction of sp³-hybridized carbons (Fsp3) is 0.731. The minimum atomic E-state index is -0.653. The molecule has 0 aliphatic rings. The maximum atomic E-state index is 10.3. The van der Waals surface area contributed by atoms with Crippen molar-refractivity contribution in [3.63, 3.8) is 0 Å². The van der Waals surface area contributed by atoms with Crippen LogP contribution in [0.3, 0.4) is 0 Å². The van der Waals surface area contributed by atoms with E-state index in [0.29, 0.717) is 6.42 Å². The smallest absolute Gasteiger partial charge is 0.303 e. The van der Waals surface area contributed by atoms with Gasteiger partial charge in [-0.2, -0.15) is 0 Å². The quantitative estimate of drug-likeness (QED) is 0.248. The lowest BCUT2D eigenvalue weighted by atomic mass is 10.0. The maximum Gasteiger partial charge on any atom is 0.303 e. The maximum absolute atomic E-state index is 10.3. The summed E-state index contributed by atoms with van der Waals surface area (Å²) in [5.41, 5.74) is 6.68. The molecule has 0 saturated carbocycles. The molecule has 0 amide bonds. The first-order valence-electron chi connectivity index (χ1n) is 12.2. The van der Waals surface area contributed by atoms with Gasteiger partial charge in [0.25, 0.3) is 0 Å². The Labute approximate surface area is 180 Å². The van der Waals surface area contributed by atoms with Crippen LogP contribution in [0.5, 0.6) is 0 Å². The zero-order valence-corrected chi connectivity index (χ0v) is 19.0. The highest BCUT2D eigenvalue weighted by Crippen LogP contribution is 2.13. The third-order valence-electron chi connectivity index (χ3n) is 5.27. The van der Waals surface area contributed by atoms with Gasteiger partial charge in [-0.15, -0.1) is 0 Å². The van der Waals surface area contributed by atoms with Crippen molar-refractivity contribution in [1.82, 2.24) is 0 Å². The van der Waals surface area contributed by atoms with Crippen molar-refractivity contribution in [3.05, 3.63) is 35.9 Å². The number of aliphatic carboxylic acids is 1. The van der Waals surface area contributed by atoms with Crippen LogP contribution in [0.15, 0.2) is 30.3 Å². The molecule has 3 nitrogen and oxygen atoms in total. The van der Waals surface area contributed by atoms with E-state index in [4.69, 9.17) is 10.8 Å². The van der Waals surface area contributed by atoms with Gasteiger partial charge in [0.15, 0.2) is 0 Å². The second-order valence-electron chi connectivity index (χ2n) is 8.12. The molecule has 0 spiro atoms. The molecule has 0 atom stereocenters. The molecular formula is C26H47NO2. The van der Waals surface area contributed by atoms with Gasteiger partial charge in [-0.05, 0) is 24.9 Å². The Balaban J connectivity index is 0.000000717. The first-order valence-corrected chi connectivity index (χ1v) is 12.2. The molecular weight excluding hydrogens is 358 g/mol. The van der Waals surface area contributed by atoms with Crippen LogP contribution in [0.1, 0.15) is 115 Å². The number of unbranched alkanes of at least 4 members (excludes halogenated alkanes) is 14. The van der Waals surface area contributed by atoms with Gasteiger partial charge in [0.05, 0.1) is 0 Å². The molecule has 3 N–H and O–H groups in total. The Morgan fingerprint density at radius 3 is 1.52 bits per heavy atom. The third kappa shape index (κ3) is 22.8. The van der Waals surface area contributed by atoms with Crippen molar-refractivity contribution in [1.29, 1.82) is 0 Å². The largest absolute Gasteiger partial charge is 0.481 e. The summed E-state index contributed by atoms with van der Waals surface area (Å²) in [6, 6.07) is 10.3. The number of rotatable bonds is 18. The van der Waals surface area contributed by atoms with Gasteiger partial charge in [0.2, 0.25) is 0 Å². The van der Waals surface area contributed by atoms with Crippen LogP contribution in [0.2, 0.25) is 0 Å². The number of carbonyl (C=O) groups is 1. The molecule has 168 valence electrons. The van der Waals surface area contributed by atoms with E-state index in [-0.39, 0.29) is 0 Å². The molecule has 29 heavy (non-hydrogen) atoms. The van der Waals surface area contributed by atoms with E-state index in [1.54, 1.807) is 0 Å². The van der Waals surface area contributed by atoms with Crippen LogP contribution in [0.25, 0.3) is 0 Å². The van der Waals surface area contributed by atoms with Gasteiger partial charge >= 0.3 is 5.97 Å². The number of carboxylic acids is 1. The minimum absolute atomic E-state index is 0.345. The molecule has 3 heteroatoms. The Hall–Kier alpha value is -1.35. The minimum Gasteiger partial charge on any atom is -0.481 e. The van der Waals surface area contributed by atoms with Crippen LogP contribution >= 0.6 is 0 Å². The average molecular weight is 406 g/mol. The van der Waals surface area contributed by atoms with Crippen molar-refractivity contribution < 1.29 is 9.90 Å². The highest BCUT2D eigenvalue weighted by atomic mass is 16.4. The zero-order valence-electron chi connectivity index (χ0n) is 19.0. The van der Waals surface area contributed by atoms with Crippen molar-refractivity contribution in [2.24, 2.45) is 5.73 Å². The van der Waals surface area contributed by atoms with Crippen LogP contribution in [0, 0.1) is 0 Å². The number of hydrogen-bond donors (Lipinski definition) is 2. The second kappa shape index (κ2) is 22.9. The fourth-order valence-corrected chi connectivity index (χ4v) is 3.46. The molecule has 0 fully saturated rings. The average Bonchev–Trinajstić information content (AvgIpc) is 2.72. The lowest BCUT2D eigenvalue weighted by Crippen LogP contribution is -2.01. The summed E-state index contributed by atoms with van der Waals surface area (Å²) < 4.78 is 0. The van der Waals surface area contributed by atoms with Gasteiger partial charge < -0.3 is 10.8 Å². The molecule has 0 saturated heterocycles. The van der Waals surface area contributed by atoms with Gasteiger partial charge in [0.1, 0.15) is 0 Å². The molecule has 0 radical (unpaired) electrons. The van der Waals surface area contributed by atoms with Crippen molar-refractivity contribution >= 4 is 5.97 Å². The topological polar surface area (TPSA) is 63.3 Å². The second-order valence-corrected chi connectivity index (χ2v) is 8.12. The summed E-state index contributed by atoms with van der Waals surface area (Å²) in [5.74, 6) is -0.653. The normalized spacial score (nSPS) is 10.4. The predicted molar refractivity (Wildman–Crippen MR) is 126 cm³/mol. The molecule has 1 aromatic carbocycles. The predicted octanol–water partition coefficient (Wildman–Crippen LogP) is 7.52. The Kier molecular flexibility index (Phi) is 21.9. The van der Waals surface area contributed by atoms with Crippen LogP contribution < -0.4 is 5.73 Å². The summed E-state index contributed by atoms with van der Waals surface area (Å²) >= 11 is 0. The summed E-state index contributed by atoms with van der Waals surface area (Å²) in [7, 11) is 0. The van der Waals surface area contributed by atoms with Gasteiger partial charge in [-0.1, -0.05) is 127 Å². The number of benzene rings is 1. The standard InChI is InChI=1S/C18H36O2.C8H11N/c1-2-3-4-5-6-7-8-9-10-11-12-13-14-15-16-17-18(19)20;9-7-6-8-4-2-1-3-5-8/h2-17H2,1H3,(H,19,20);1-5H,6-7,9H2. The lowest BCUT2D eigenvalue weighted by Gasteiger charge is -2.03. The summed E-state index contributed by atoms with van der Waals surface area (Å²) in [4.78, 5) is 10.3. The Bertz CT molecular complexity index is 447. The zero-order chi connectivity index (χ0) is 21.4. The highest BCUT2D eigenvalue weighted by molar-refractivity contribution is 5.66. The van der Waals surface area contributed by atoms with E-state index in [1.165, 1.54) is 89.0 Å². The van der Waals surface area contributed by atoms with E-state index in [0.717, 1.165) is 25.8 Å². The molecule has 0 aliphatic carbocycles. The molecule has 0 aromatic heterocycles. The highest BCUT2D eigenvalue weighted by Gasteiger charge is 1.97. The Morgan fingerprint density at radius 2 is 1.14 bits per heavy atom. The van der Waals surface area contributed by atoms with Crippen molar-refractivity contribution in [3.8, 4) is 0 Å².